The molecule has 0 saturated heterocycles. The van der Waals surface area contributed by atoms with E-state index in [4.69, 9.17) is 4.74 Å². The van der Waals surface area contributed by atoms with Crippen LogP contribution in [0.5, 0.6) is 11.5 Å². The standard InChI is InChI=1S/C64H36N6O/c65-37-49-29-53(30-50(38-66)63(49)69-59-25-21-45(41-13-5-1-6-14-41)33-55(59)56-34-46(22-26-60(56)69)42-15-7-2-8-16-42)71-54-31-51(39-67)64(52(32-54)40-68)70-61-27-23-47(43-17-9-3-10-18-43)35-57(61)58-36-48(24-28-62(58)70)44-19-11-4-12-20-44/h1-36H. The highest BCUT2D eigenvalue weighted by molar-refractivity contribution is 6.13. The third-order valence-electron chi connectivity index (χ3n) is 13.3. The van der Waals surface area contributed by atoms with Crippen LogP contribution in [0.2, 0.25) is 0 Å². The van der Waals surface area contributed by atoms with E-state index in [1.807, 2.05) is 106 Å². The normalized spacial score (nSPS) is 11.0. The Morgan fingerprint density at radius 3 is 0.732 bits per heavy atom. The van der Waals surface area contributed by atoms with Crippen LogP contribution in [0.3, 0.4) is 0 Å². The Morgan fingerprint density at radius 2 is 0.507 bits per heavy atom. The average molecular weight is 905 g/mol. The number of benzene rings is 10. The predicted octanol–water partition coefficient (Wildman–Crippen LogP) is 15.8. The lowest BCUT2D eigenvalue weighted by molar-refractivity contribution is 0.482. The summed E-state index contributed by atoms with van der Waals surface area (Å²) in [6.45, 7) is 0. The molecule has 0 radical (unpaired) electrons. The molecular formula is C64H36N6O. The van der Waals surface area contributed by atoms with Gasteiger partial charge in [0.05, 0.1) is 55.7 Å². The van der Waals surface area contributed by atoms with Crippen LogP contribution >= 0.6 is 0 Å². The maximum Gasteiger partial charge on any atom is 0.130 e. The fraction of sp³-hybridized carbons (Fsp3) is 0. The van der Waals surface area contributed by atoms with Crippen molar-refractivity contribution in [2.24, 2.45) is 0 Å². The van der Waals surface area contributed by atoms with E-state index in [2.05, 4.69) is 121 Å². The van der Waals surface area contributed by atoms with Gasteiger partial charge >= 0.3 is 0 Å². The zero-order valence-electron chi connectivity index (χ0n) is 37.9. The molecule has 10 aromatic carbocycles. The van der Waals surface area contributed by atoms with Crippen LogP contribution in [0, 0.1) is 45.3 Å². The van der Waals surface area contributed by atoms with Crippen LogP contribution in [0.15, 0.2) is 218 Å². The fourth-order valence-electron chi connectivity index (χ4n) is 10.1. The van der Waals surface area contributed by atoms with Crippen molar-refractivity contribution in [2.75, 3.05) is 0 Å². The largest absolute Gasteiger partial charge is 0.457 e. The van der Waals surface area contributed by atoms with E-state index in [1.54, 1.807) is 24.3 Å². The molecule has 0 N–H and O–H groups in total. The van der Waals surface area contributed by atoms with Gasteiger partial charge in [0.15, 0.2) is 0 Å². The summed E-state index contributed by atoms with van der Waals surface area (Å²) < 4.78 is 10.5. The first-order valence-corrected chi connectivity index (χ1v) is 23.0. The van der Waals surface area contributed by atoms with Gasteiger partial charge in [-0.1, -0.05) is 146 Å². The van der Waals surface area contributed by atoms with Crippen molar-refractivity contribution in [2.45, 2.75) is 0 Å². The Bertz CT molecular complexity index is 3740. The summed E-state index contributed by atoms with van der Waals surface area (Å²) in [4.78, 5) is 0. The van der Waals surface area contributed by atoms with Crippen LogP contribution in [-0.4, -0.2) is 9.13 Å². The fourth-order valence-corrected chi connectivity index (χ4v) is 10.1. The minimum absolute atomic E-state index is 0.208. The van der Waals surface area contributed by atoms with Crippen LogP contribution in [-0.2, 0) is 0 Å². The van der Waals surface area contributed by atoms with Gasteiger partial charge in [-0.05, 0) is 93.0 Å². The summed E-state index contributed by atoms with van der Waals surface area (Å²) in [6.07, 6.45) is 0. The Morgan fingerprint density at radius 1 is 0.268 bits per heavy atom. The first-order valence-electron chi connectivity index (χ1n) is 23.0. The molecule has 7 heteroatoms. The minimum atomic E-state index is 0.208. The van der Waals surface area contributed by atoms with Gasteiger partial charge in [0.25, 0.3) is 0 Å². The van der Waals surface area contributed by atoms with Gasteiger partial charge < -0.3 is 13.9 Å². The van der Waals surface area contributed by atoms with Gasteiger partial charge in [-0.2, -0.15) is 21.0 Å². The van der Waals surface area contributed by atoms with Gasteiger partial charge in [0.1, 0.15) is 35.8 Å². The summed E-state index contributed by atoms with van der Waals surface area (Å²) in [6, 6.07) is 81.7. The third kappa shape index (κ3) is 7.20. The van der Waals surface area contributed by atoms with Gasteiger partial charge in [-0.3, -0.25) is 0 Å². The second kappa shape index (κ2) is 17.3. The number of hydrogen-bond acceptors (Lipinski definition) is 5. The van der Waals surface area contributed by atoms with E-state index in [0.29, 0.717) is 11.4 Å². The average Bonchev–Trinajstić information content (AvgIpc) is 3.94. The SMILES string of the molecule is N#Cc1cc(Oc2cc(C#N)c(-n3c4ccc(-c5ccccc5)cc4c4cc(-c5ccccc5)ccc43)c(C#N)c2)cc(C#N)c1-n1c2ccc(-c3ccccc3)cc2c2cc(-c3ccccc3)ccc21. The summed E-state index contributed by atoms with van der Waals surface area (Å²) in [5.41, 5.74) is 13.5. The van der Waals surface area contributed by atoms with Crippen molar-refractivity contribution in [3.05, 3.63) is 241 Å². The van der Waals surface area contributed by atoms with Gasteiger partial charge in [-0.25, -0.2) is 0 Å². The number of fused-ring (bicyclic) bond motifs is 6. The molecule has 0 spiro atoms. The van der Waals surface area contributed by atoms with Crippen molar-refractivity contribution in [1.82, 2.24) is 9.13 Å². The number of ether oxygens (including phenoxy) is 1. The lowest BCUT2D eigenvalue weighted by Gasteiger charge is -2.16. The number of nitriles is 4. The number of hydrogen-bond donors (Lipinski definition) is 0. The van der Waals surface area contributed by atoms with Crippen molar-refractivity contribution in [3.63, 3.8) is 0 Å². The highest BCUT2D eigenvalue weighted by Gasteiger charge is 2.24. The number of aromatic nitrogens is 2. The molecule has 0 fully saturated rings. The maximum absolute atomic E-state index is 10.9. The van der Waals surface area contributed by atoms with E-state index in [0.717, 1.165) is 88.1 Å². The molecule has 0 aliphatic rings. The van der Waals surface area contributed by atoms with Crippen LogP contribution in [0.1, 0.15) is 22.3 Å². The third-order valence-corrected chi connectivity index (χ3v) is 13.3. The first kappa shape index (κ1) is 42.0. The maximum atomic E-state index is 10.9. The van der Waals surface area contributed by atoms with E-state index >= 15 is 0 Å². The Kier molecular flexibility index (Phi) is 10.2. The minimum Gasteiger partial charge on any atom is -0.457 e. The highest BCUT2D eigenvalue weighted by atomic mass is 16.5. The second-order valence-corrected chi connectivity index (χ2v) is 17.3. The van der Waals surface area contributed by atoms with E-state index in [9.17, 15) is 21.0 Å². The Hall–Kier alpha value is -10.4. The van der Waals surface area contributed by atoms with Crippen molar-refractivity contribution < 1.29 is 4.74 Å². The Balaban J connectivity index is 0.988. The first-order chi connectivity index (χ1) is 35.0. The molecule has 2 heterocycles. The summed E-state index contributed by atoms with van der Waals surface area (Å²) in [7, 11) is 0. The monoisotopic (exact) mass is 904 g/mol. The van der Waals surface area contributed by atoms with E-state index in [-0.39, 0.29) is 33.8 Å². The molecule has 2 aromatic heterocycles. The van der Waals surface area contributed by atoms with E-state index < -0.39 is 0 Å². The van der Waals surface area contributed by atoms with Gasteiger partial charge in [-0.15, -0.1) is 0 Å². The Labute approximate surface area is 409 Å². The molecule has 7 nitrogen and oxygen atoms in total. The molecule has 71 heavy (non-hydrogen) atoms. The van der Waals surface area contributed by atoms with Crippen LogP contribution < -0.4 is 4.74 Å². The summed E-state index contributed by atoms with van der Waals surface area (Å²) >= 11 is 0. The highest BCUT2D eigenvalue weighted by Crippen LogP contribution is 2.42. The topological polar surface area (TPSA) is 114 Å². The summed E-state index contributed by atoms with van der Waals surface area (Å²) in [5.74, 6) is 0.416. The van der Waals surface area contributed by atoms with Crippen LogP contribution in [0.25, 0.3) is 99.5 Å². The second-order valence-electron chi connectivity index (χ2n) is 17.3. The van der Waals surface area contributed by atoms with Gasteiger partial charge in [0.2, 0.25) is 0 Å². The molecule has 0 unspecified atom stereocenters. The molecule has 0 aliphatic heterocycles. The summed E-state index contributed by atoms with van der Waals surface area (Å²) in [5, 5.41) is 47.4. The zero-order chi connectivity index (χ0) is 48.0. The molecular weight excluding hydrogens is 869 g/mol. The van der Waals surface area contributed by atoms with Crippen molar-refractivity contribution in [1.29, 1.82) is 21.0 Å². The number of rotatable bonds is 8. The smallest absolute Gasteiger partial charge is 0.130 e. The zero-order valence-corrected chi connectivity index (χ0v) is 37.9. The molecule has 0 amide bonds. The predicted molar refractivity (Wildman–Crippen MR) is 282 cm³/mol. The lowest BCUT2D eigenvalue weighted by atomic mass is 10.0. The van der Waals surface area contributed by atoms with Gasteiger partial charge in [0, 0.05) is 45.8 Å². The lowest BCUT2D eigenvalue weighted by Crippen LogP contribution is -2.04. The molecule has 0 aliphatic carbocycles. The van der Waals surface area contributed by atoms with Crippen molar-refractivity contribution >= 4 is 43.6 Å². The molecule has 12 rings (SSSR count). The molecule has 328 valence electrons. The van der Waals surface area contributed by atoms with E-state index in [1.165, 1.54) is 0 Å². The number of nitrogens with zero attached hydrogens (tertiary/aromatic N) is 6. The quantitative estimate of drug-likeness (QED) is 0.151. The van der Waals surface area contributed by atoms with Crippen LogP contribution in [0.4, 0.5) is 0 Å². The molecule has 0 saturated carbocycles. The molecule has 0 atom stereocenters. The van der Waals surface area contributed by atoms with Crippen molar-refractivity contribution in [3.8, 4) is 91.7 Å². The molecule has 0 bridgehead atoms. The molecule has 12 aromatic rings.